The van der Waals surface area contributed by atoms with Gasteiger partial charge in [-0.3, -0.25) is 14.9 Å². The molecule has 0 bridgehead atoms. The average molecular weight is 242 g/mol. The molecule has 92 valence electrons. The number of amides is 1. The third kappa shape index (κ3) is 3.49. The third-order valence-electron chi connectivity index (χ3n) is 2.01. The molecule has 0 unspecified atom stereocenters. The van der Waals surface area contributed by atoms with Gasteiger partial charge in [0.05, 0.1) is 4.92 Å². The highest BCUT2D eigenvalue weighted by Crippen LogP contribution is 2.26. The molecule has 0 saturated carbocycles. The Labute approximate surface area is 96.2 Å². The highest BCUT2D eigenvalue weighted by molar-refractivity contribution is 5.93. The van der Waals surface area contributed by atoms with Crippen LogP contribution in [0.15, 0.2) is 18.2 Å². The zero-order valence-corrected chi connectivity index (χ0v) is 8.85. The molecule has 0 heterocycles. The summed E-state index contributed by atoms with van der Waals surface area (Å²) in [6, 6.07) is 3.32. The molecule has 1 amide bonds. The molecule has 0 saturated heterocycles. The van der Waals surface area contributed by atoms with E-state index in [-0.39, 0.29) is 19.4 Å². The maximum atomic E-state index is 13.3. The zero-order valence-electron chi connectivity index (χ0n) is 8.85. The van der Waals surface area contributed by atoms with E-state index in [0.29, 0.717) is 0 Å². The maximum Gasteiger partial charge on any atom is 0.295 e. The first-order chi connectivity index (χ1) is 8.06. The molecule has 0 fully saturated rings. The van der Waals surface area contributed by atoms with E-state index in [9.17, 15) is 19.3 Å². The lowest BCUT2D eigenvalue weighted by atomic mass is 10.2. The predicted octanol–water partition coefficient (Wildman–Crippen LogP) is 1.44. The van der Waals surface area contributed by atoms with Gasteiger partial charge in [0, 0.05) is 19.1 Å². The monoisotopic (exact) mass is 242 g/mol. The number of nitro groups is 1. The van der Waals surface area contributed by atoms with E-state index in [1.807, 2.05) is 0 Å². The quantitative estimate of drug-likeness (QED) is 0.603. The van der Waals surface area contributed by atoms with E-state index in [4.69, 9.17) is 5.11 Å². The summed E-state index contributed by atoms with van der Waals surface area (Å²) in [5.74, 6) is -1.44. The van der Waals surface area contributed by atoms with Gasteiger partial charge < -0.3 is 10.4 Å². The molecule has 2 N–H and O–H groups in total. The average Bonchev–Trinajstić information content (AvgIpc) is 2.28. The van der Waals surface area contributed by atoms with Crippen LogP contribution in [0.1, 0.15) is 12.8 Å². The number of nitrogens with one attached hydrogen (secondary N) is 1. The lowest BCUT2D eigenvalue weighted by Crippen LogP contribution is -2.14. The van der Waals surface area contributed by atoms with E-state index in [1.54, 1.807) is 0 Å². The third-order valence-corrected chi connectivity index (χ3v) is 2.01. The number of rotatable bonds is 5. The summed E-state index contributed by atoms with van der Waals surface area (Å²) >= 11 is 0. The standard InChI is InChI=1S/C10H11FN2O4/c11-7-3-1-4-8(13(16)17)10(7)12-9(15)5-2-6-14/h1,3-4,14H,2,5-6H2,(H,12,15). The Bertz CT molecular complexity index is 436. The number of halogens is 1. The number of para-hydroxylation sites is 1. The topological polar surface area (TPSA) is 92.5 Å². The molecule has 0 aliphatic carbocycles. The Balaban J connectivity index is 2.89. The minimum absolute atomic E-state index is 0.0258. The molecule has 7 heteroatoms. The van der Waals surface area contributed by atoms with Crippen LogP contribution in [-0.2, 0) is 4.79 Å². The van der Waals surface area contributed by atoms with Crippen molar-refractivity contribution in [3.05, 3.63) is 34.1 Å². The van der Waals surface area contributed by atoms with Crippen LogP contribution in [-0.4, -0.2) is 22.5 Å². The van der Waals surface area contributed by atoms with Gasteiger partial charge in [0.2, 0.25) is 5.91 Å². The summed E-state index contributed by atoms with van der Waals surface area (Å²) in [6.45, 7) is -0.174. The molecular formula is C10H11FN2O4. The van der Waals surface area contributed by atoms with Gasteiger partial charge in [-0.2, -0.15) is 0 Å². The second-order valence-electron chi connectivity index (χ2n) is 3.27. The number of aliphatic hydroxyl groups is 1. The van der Waals surface area contributed by atoms with Crippen LogP contribution in [0.4, 0.5) is 15.8 Å². The van der Waals surface area contributed by atoms with Gasteiger partial charge in [-0.25, -0.2) is 4.39 Å². The lowest BCUT2D eigenvalue weighted by Gasteiger charge is -2.06. The molecule has 1 rings (SSSR count). The van der Waals surface area contributed by atoms with Crippen molar-refractivity contribution in [3.63, 3.8) is 0 Å². The summed E-state index contributed by atoms with van der Waals surface area (Å²) < 4.78 is 13.3. The van der Waals surface area contributed by atoms with Crippen molar-refractivity contribution in [2.45, 2.75) is 12.8 Å². The van der Waals surface area contributed by atoms with E-state index in [1.165, 1.54) is 6.07 Å². The highest BCUT2D eigenvalue weighted by atomic mass is 19.1. The number of carbonyl (C=O) groups excluding carboxylic acids is 1. The lowest BCUT2D eigenvalue weighted by molar-refractivity contribution is -0.384. The molecule has 17 heavy (non-hydrogen) atoms. The van der Waals surface area contributed by atoms with Crippen LogP contribution in [0.3, 0.4) is 0 Å². The van der Waals surface area contributed by atoms with Gasteiger partial charge >= 0.3 is 0 Å². The van der Waals surface area contributed by atoms with E-state index >= 15 is 0 Å². The van der Waals surface area contributed by atoms with Crippen molar-refractivity contribution >= 4 is 17.3 Å². The SMILES string of the molecule is O=C(CCCO)Nc1c(F)cccc1[N+](=O)[O-]. The predicted molar refractivity (Wildman–Crippen MR) is 58.0 cm³/mol. The normalized spacial score (nSPS) is 10.0. The largest absolute Gasteiger partial charge is 0.396 e. The second-order valence-corrected chi connectivity index (χ2v) is 3.27. The maximum absolute atomic E-state index is 13.3. The first kappa shape index (κ1) is 13.0. The molecule has 0 aliphatic heterocycles. The van der Waals surface area contributed by atoms with Crippen molar-refractivity contribution in [1.29, 1.82) is 0 Å². The van der Waals surface area contributed by atoms with Crippen LogP contribution in [0, 0.1) is 15.9 Å². The number of hydrogen-bond acceptors (Lipinski definition) is 4. The molecule has 1 aromatic rings. The highest BCUT2D eigenvalue weighted by Gasteiger charge is 2.19. The Morgan fingerprint density at radius 3 is 2.82 bits per heavy atom. The molecule has 6 nitrogen and oxygen atoms in total. The van der Waals surface area contributed by atoms with E-state index < -0.39 is 28.0 Å². The summed E-state index contributed by atoms with van der Waals surface area (Å²) in [5, 5.41) is 21.3. The van der Waals surface area contributed by atoms with Gasteiger partial charge in [0.15, 0.2) is 11.5 Å². The molecule has 0 spiro atoms. The fourth-order valence-corrected chi connectivity index (χ4v) is 1.23. The Morgan fingerprint density at radius 1 is 1.53 bits per heavy atom. The zero-order chi connectivity index (χ0) is 12.8. The van der Waals surface area contributed by atoms with Crippen molar-refractivity contribution in [1.82, 2.24) is 0 Å². The van der Waals surface area contributed by atoms with Gasteiger partial charge in [-0.15, -0.1) is 0 Å². The number of carbonyl (C=O) groups is 1. The van der Waals surface area contributed by atoms with Crippen LogP contribution in [0.25, 0.3) is 0 Å². The second kappa shape index (κ2) is 5.90. The number of anilines is 1. The van der Waals surface area contributed by atoms with Crippen LogP contribution < -0.4 is 5.32 Å². The van der Waals surface area contributed by atoms with Crippen LogP contribution in [0.5, 0.6) is 0 Å². The number of nitrogens with zero attached hydrogens (tertiary/aromatic N) is 1. The first-order valence-corrected chi connectivity index (χ1v) is 4.90. The summed E-state index contributed by atoms with van der Waals surface area (Å²) in [6.07, 6.45) is 0.191. The first-order valence-electron chi connectivity index (χ1n) is 4.90. The van der Waals surface area contributed by atoms with Crippen molar-refractivity contribution in [2.24, 2.45) is 0 Å². The van der Waals surface area contributed by atoms with Crippen molar-refractivity contribution in [2.75, 3.05) is 11.9 Å². The minimum Gasteiger partial charge on any atom is -0.396 e. The molecule has 0 aromatic heterocycles. The minimum atomic E-state index is -0.864. The van der Waals surface area contributed by atoms with Crippen LogP contribution >= 0.6 is 0 Å². The van der Waals surface area contributed by atoms with Crippen molar-refractivity contribution < 1.29 is 19.2 Å². The smallest absolute Gasteiger partial charge is 0.295 e. The van der Waals surface area contributed by atoms with E-state index in [2.05, 4.69) is 5.32 Å². The van der Waals surface area contributed by atoms with Gasteiger partial charge in [-0.1, -0.05) is 6.07 Å². The Morgan fingerprint density at radius 2 is 2.24 bits per heavy atom. The number of aliphatic hydroxyl groups excluding tert-OH is 1. The van der Waals surface area contributed by atoms with Crippen molar-refractivity contribution in [3.8, 4) is 0 Å². The van der Waals surface area contributed by atoms with Gasteiger partial charge in [0.25, 0.3) is 5.69 Å². The molecule has 0 atom stereocenters. The summed E-state index contributed by atoms with van der Waals surface area (Å²) in [5.41, 5.74) is -0.942. The van der Waals surface area contributed by atoms with E-state index in [0.717, 1.165) is 12.1 Å². The molecular weight excluding hydrogens is 231 g/mol. The fourth-order valence-electron chi connectivity index (χ4n) is 1.23. The molecule has 1 aromatic carbocycles. The van der Waals surface area contributed by atoms with Gasteiger partial charge in [-0.05, 0) is 12.5 Å². The number of hydrogen-bond donors (Lipinski definition) is 2. The fraction of sp³-hybridized carbons (Fsp3) is 0.300. The Kier molecular flexibility index (Phi) is 4.53. The number of nitro benzene ring substituents is 1. The summed E-state index contributed by atoms with van der Waals surface area (Å²) in [4.78, 5) is 21.1. The van der Waals surface area contributed by atoms with Gasteiger partial charge in [0.1, 0.15) is 0 Å². The Hall–Kier alpha value is -2.02. The molecule has 0 aliphatic rings. The number of benzene rings is 1. The van der Waals surface area contributed by atoms with Crippen LogP contribution in [0.2, 0.25) is 0 Å². The molecule has 0 radical (unpaired) electrons. The summed E-state index contributed by atoms with van der Waals surface area (Å²) in [7, 11) is 0.